The molecule has 2 saturated heterocycles. The Morgan fingerprint density at radius 3 is 2.36 bits per heavy atom. The van der Waals surface area contributed by atoms with Gasteiger partial charge >= 0.3 is 0 Å². The van der Waals surface area contributed by atoms with Crippen LogP contribution in [-0.4, -0.2) is 40.0 Å². The van der Waals surface area contributed by atoms with Crippen LogP contribution in [0.15, 0.2) is 0 Å². The third kappa shape index (κ3) is 1.51. The Hall–Kier alpha value is 0.170. The van der Waals surface area contributed by atoms with Crippen molar-refractivity contribution < 1.29 is 4.79 Å². The molecule has 4 heteroatoms. The predicted molar refractivity (Wildman–Crippen MR) is 49.9 cm³/mol. The van der Waals surface area contributed by atoms with E-state index in [2.05, 4.69) is 0 Å². The summed E-state index contributed by atoms with van der Waals surface area (Å²) in [6.07, 6.45) is 1.20. The second kappa shape index (κ2) is 3.27. The summed E-state index contributed by atoms with van der Waals surface area (Å²) in [5, 5.41) is 0. The van der Waals surface area contributed by atoms with Gasteiger partial charge in [-0.05, 0) is 6.42 Å². The zero-order valence-corrected chi connectivity index (χ0v) is 7.92. The average Bonchev–Trinajstić information content (AvgIpc) is 2.32. The van der Waals surface area contributed by atoms with Gasteiger partial charge in [0, 0.05) is 24.6 Å². The molecule has 0 bridgehead atoms. The van der Waals surface area contributed by atoms with E-state index in [0.717, 1.165) is 24.6 Å². The van der Waals surface area contributed by atoms with Crippen LogP contribution in [0.25, 0.3) is 0 Å². The van der Waals surface area contributed by atoms with Crippen LogP contribution in [0.3, 0.4) is 0 Å². The fourth-order valence-electron chi connectivity index (χ4n) is 1.19. The van der Waals surface area contributed by atoms with E-state index in [0.29, 0.717) is 5.91 Å². The summed E-state index contributed by atoms with van der Waals surface area (Å²) < 4.78 is 0.232. The van der Waals surface area contributed by atoms with Crippen LogP contribution in [0.2, 0.25) is 0 Å². The number of nitrogens with zero attached hydrogens (tertiary/aromatic N) is 1. The summed E-state index contributed by atoms with van der Waals surface area (Å²) in [5.41, 5.74) is 0. The maximum Gasteiger partial charge on any atom is 0.245 e. The largest absolute Gasteiger partial charge is 0.341 e. The van der Waals surface area contributed by atoms with E-state index >= 15 is 0 Å². The zero-order valence-electron chi connectivity index (χ0n) is 6.28. The van der Waals surface area contributed by atoms with Gasteiger partial charge in [0.05, 0.1) is 0 Å². The van der Waals surface area contributed by atoms with Gasteiger partial charge in [0.15, 0.2) is 0 Å². The summed E-state index contributed by atoms with van der Waals surface area (Å²) >= 11 is 3.60. The first-order chi connectivity index (χ1) is 5.38. The first kappa shape index (κ1) is 7.80. The Morgan fingerprint density at radius 2 is 1.91 bits per heavy atom. The van der Waals surface area contributed by atoms with Gasteiger partial charge in [-0.25, -0.2) is 0 Å². The first-order valence-electron chi connectivity index (χ1n) is 3.90. The molecule has 0 N–H and O–H groups in total. The Balaban J connectivity index is 1.87. The summed E-state index contributed by atoms with van der Waals surface area (Å²) in [6, 6.07) is 0. The third-order valence-electron chi connectivity index (χ3n) is 1.99. The lowest BCUT2D eigenvalue weighted by molar-refractivity contribution is -0.132. The molecule has 62 valence electrons. The van der Waals surface area contributed by atoms with Crippen LogP contribution in [-0.2, 0) is 4.79 Å². The highest BCUT2D eigenvalue weighted by Crippen LogP contribution is 2.33. The molecule has 0 aromatic heterocycles. The SMILES string of the molecule is O=C(C1SCCS1)N1CCC1. The summed E-state index contributed by atoms with van der Waals surface area (Å²) in [4.78, 5) is 13.5. The smallest absolute Gasteiger partial charge is 0.245 e. The van der Waals surface area contributed by atoms with Gasteiger partial charge in [0.1, 0.15) is 4.58 Å². The van der Waals surface area contributed by atoms with Gasteiger partial charge in [0.25, 0.3) is 0 Å². The van der Waals surface area contributed by atoms with Crippen LogP contribution in [0.1, 0.15) is 6.42 Å². The minimum absolute atomic E-state index is 0.232. The van der Waals surface area contributed by atoms with Crippen LogP contribution >= 0.6 is 23.5 Å². The van der Waals surface area contributed by atoms with Crippen LogP contribution < -0.4 is 0 Å². The maximum atomic E-state index is 11.5. The van der Waals surface area contributed by atoms with E-state index in [1.54, 1.807) is 23.5 Å². The lowest BCUT2D eigenvalue weighted by atomic mass is 10.2. The minimum Gasteiger partial charge on any atom is -0.341 e. The lowest BCUT2D eigenvalue weighted by Gasteiger charge is -2.32. The van der Waals surface area contributed by atoms with Crippen molar-refractivity contribution in [1.29, 1.82) is 0 Å². The van der Waals surface area contributed by atoms with Gasteiger partial charge in [-0.2, -0.15) is 0 Å². The van der Waals surface area contributed by atoms with Crippen molar-refractivity contribution >= 4 is 29.4 Å². The van der Waals surface area contributed by atoms with Crippen molar-refractivity contribution in [3.05, 3.63) is 0 Å². The van der Waals surface area contributed by atoms with Crippen molar-refractivity contribution in [1.82, 2.24) is 4.90 Å². The fourth-order valence-corrected chi connectivity index (χ4v) is 3.93. The molecule has 0 atom stereocenters. The van der Waals surface area contributed by atoms with E-state index in [-0.39, 0.29) is 4.58 Å². The van der Waals surface area contributed by atoms with Crippen molar-refractivity contribution in [2.24, 2.45) is 0 Å². The highest BCUT2D eigenvalue weighted by molar-refractivity contribution is 8.21. The summed E-state index contributed by atoms with van der Waals surface area (Å²) in [5.74, 6) is 2.66. The second-order valence-electron chi connectivity index (χ2n) is 2.75. The zero-order chi connectivity index (χ0) is 7.68. The van der Waals surface area contributed by atoms with Gasteiger partial charge in [0.2, 0.25) is 5.91 Å². The average molecular weight is 189 g/mol. The topological polar surface area (TPSA) is 20.3 Å². The molecule has 1 amide bonds. The molecule has 2 aliphatic rings. The van der Waals surface area contributed by atoms with Gasteiger partial charge < -0.3 is 4.90 Å². The molecule has 2 fully saturated rings. The molecule has 2 heterocycles. The number of likely N-dealkylation sites (tertiary alicyclic amines) is 1. The highest BCUT2D eigenvalue weighted by atomic mass is 32.2. The molecule has 11 heavy (non-hydrogen) atoms. The Bertz CT molecular complexity index is 164. The molecule has 0 spiro atoms. The van der Waals surface area contributed by atoms with E-state index in [9.17, 15) is 4.79 Å². The quantitative estimate of drug-likeness (QED) is 0.614. The molecule has 0 unspecified atom stereocenters. The Kier molecular flexibility index (Phi) is 2.32. The number of carbonyl (C=O) groups is 1. The van der Waals surface area contributed by atoms with E-state index < -0.39 is 0 Å². The molecule has 2 rings (SSSR count). The first-order valence-corrected chi connectivity index (χ1v) is 6.00. The normalized spacial score (nSPS) is 25.3. The molecule has 0 saturated carbocycles. The second-order valence-corrected chi connectivity index (χ2v) is 5.48. The number of hydrogen-bond acceptors (Lipinski definition) is 3. The number of carbonyl (C=O) groups excluding carboxylic acids is 1. The lowest BCUT2D eigenvalue weighted by Crippen LogP contribution is -2.45. The van der Waals surface area contributed by atoms with Gasteiger partial charge in [-0.1, -0.05) is 0 Å². The molecule has 0 radical (unpaired) electrons. The molecule has 2 nitrogen and oxygen atoms in total. The van der Waals surface area contributed by atoms with Crippen molar-refractivity contribution in [2.45, 2.75) is 11.0 Å². The standard InChI is InChI=1S/C7H11NOS2/c9-6(8-2-1-3-8)7-10-4-5-11-7/h7H,1-5H2. The highest BCUT2D eigenvalue weighted by Gasteiger charge is 2.30. The predicted octanol–water partition coefficient (Wildman–Crippen LogP) is 1.02. The Labute approximate surface area is 75.1 Å². The summed E-state index contributed by atoms with van der Waals surface area (Å²) in [7, 11) is 0. The van der Waals surface area contributed by atoms with Gasteiger partial charge in [-0.3, -0.25) is 4.79 Å². The number of rotatable bonds is 1. The molecule has 2 aliphatic heterocycles. The fraction of sp³-hybridized carbons (Fsp3) is 0.857. The monoisotopic (exact) mass is 189 g/mol. The van der Waals surface area contributed by atoms with Crippen molar-refractivity contribution in [3.63, 3.8) is 0 Å². The third-order valence-corrected chi connectivity index (χ3v) is 4.95. The van der Waals surface area contributed by atoms with Gasteiger partial charge in [-0.15, -0.1) is 23.5 Å². The van der Waals surface area contributed by atoms with Crippen molar-refractivity contribution in [3.8, 4) is 0 Å². The van der Waals surface area contributed by atoms with Crippen LogP contribution in [0.4, 0.5) is 0 Å². The summed E-state index contributed by atoms with van der Waals surface area (Å²) in [6.45, 7) is 1.99. The van der Waals surface area contributed by atoms with Crippen LogP contribution in [0.5, 0.6) is 0 Å². The van der Waals surface area contributed by atoms with Crippen LogP contribution in [0, 0.1) is 0 Å². The molecule has 0 aliphatic carbocycles. The molecule has 0 aromatic carbocycles. The maximum absolute atomic E-state index is 11.5. The molecular weight excluding hydrogens is 178 g/mol. The Morgan fingerprint density at radius 1 is 1.27 bits per heavy atom. The number of thioether (sulfide) groups is 2. The number of hydrogen-bond donors (Lipinski definition) is 0. The minimum atomic E-state index is 0.232. The number of amides is 1. The molecule has 0 aromatic rings. The van der Waals surface area contributed by atoms with E-state index in [1.165, 1.54) is 6.42 Å². The molecular formula is C7H11NOS2. The van der Waals surface area contributed by atoms with E-state index in [1.807, 2.05) is 4.90 Å². The van der Waals surface area contributed by atoms with Crippen molar-refractivity contribution in [2.75, 3.05) is 24.6 Å². The van der Waals surface area contributed by atoms with E-state index in [4.69, 9.17) is 0 Å².